The molecule has 2 aromatic carbocycles. The molecule has 0 bridgehead atoms. The van der Waals surface area contributed by atoms with Gasteiger partial charge >= 0.3 is 0 Å². The topological polar surface area (TPSA) is 102 Å². The van der Waals surface area contributed by atoms with Crippen LogP contribution in [0.25, 0.3) is 5.69 Å². The Morgan fingerprint density at radius 2 is 1.81 bits per heavy atom. The molecule has 3 aromatic rings. The highest BCUT2D eigenvalue weighted by Gasteiger charge is 2.09. The first kappa shape index (κ1) is 17.2. The number of anilines is 1. The Morgan fingerprint density at radius 3 is 2.50 bits per heavy atom. The lowest BCUT2D eigenvalue weighted by Crippen LogP contribution is -2.28. The number of non-ortho nitro benzene ring substituents is 1. The SMILES string of the molecule is O=C(NCCNc1ccc([N+](=O)[O-])cc1)c1cnn(-c2ccccc2)c1. The molecule has 0 saturated carbocycles. The molecule has 8 heteroatoms. The number of para-hydroxylation sites is 1. The number of nitro groups is 1. The van der Waals surface area contributed by atoms with Gasteiger partial charge in [-0.15, -0.1) is 0 Å². The van der Waals surface area contributed by atoms with Crippen molar-refractivity contribution in [1.29, 1.82) is 0 Å². The molecule has 8 nitrogen and oxygen atoms in total. The number of nitrogens with zero attached hydrogens (tertiary/aromatic N) is 3. The molecular weight excluding hydrogens is 334 g/mol. The first-order valence-corrected chi connectivity index (χ1v) is 8.00. The predicted molar refractivity (Wildman–Crippen MR) is 97.5 cm³/mol. The van der Waals surface area contributed by atoms with Gasteiger partial charge in [-0.05, 0) is 24.3 Å². The number of carbonyl (C=O) groups is 1. The Hall–Kier alpha value is -3.68. The van der Waals surface area contributed by atoms with Gasteiger partial charge in [0.05, 0.1) is 22.4 Å². The minimum Gasteiger partial charge on any atom is -0.383 e. The predicted octanol–water partition coefficient (Wildman–Crippen LogP) is 2.62. The number of rotatable bonds is 7. The highest BCUT2D eigenvalue weighted by Crippen LogP contribution is 2.14. The van der Waals surface area contributed by atoms with E-state index < -0.39 is 4.92 Å². The van der Waals surface area contributed by atoms with Gasteiger partial charge in [-0.25, -0.2) is 4.68 Å². The highest BCUT2D eigenvalue weighted by atomic mass is 16.6. The third kappa shape index (κ3) is 4.23. The summed E-state index contributed by atoms with van der Waals surface area (Å²) in [4.78, 5) is 22.3. The zero-order valence-electron chi connectivity index (χ0n) is 13.8. The van der Waals surface area contributed by atoms with Gasteiger partial charge in [0.15, 0.2) is 0 Å². The summed E-state index contributed by atoms with van der Waals surface area (Å²) in [5.41, 5.74) is 2.15. The number of nitrogens with one attached hydrogen (secondary N) is 2. The summed E-state index contributed by atoms with van der Waals surface area (Å²) < 4.78 is 1.64. The molecule has 0 atom stereocenters. The van der Waals surface area contributed by atoms with E-state index in [9.17, 15) is 14.9 Å². The Labute approximate surface area is 149 Å². The van der Waals surface area contributed by atoms with Crippen molar-refractivity contribution in [3.05, 3.63) is 82.7 Å². The number of carbonyl (C=O) groups excluding carboxylic acids is 1. The number of benzene rings is 2. The molecule has 0 radical (unpaired) electrons. The molecule has 0 fully saturated rings. The van der Waals surface area contributed by atoms with Crippen LogP contribution in [0.3, 0.4) is 0 Å². The van der Waals surface area contributed by atoms with Crippen LogP contribution >= 0.6 is 0 Å². The van der Waals surface area contributed by atoms with Crippen LogP contribution in [0.5, 0.6) is 0 Å². The van der Waals surface area contributed by atoms with Crippen molar-refractivity contribution >= 4 is 17.3 Å². The van der Waals surface area contributed by atoms with Gasteiger partial charge in [-0.3, -0.25) is 14.9 Å². The fourth-order valence-corrected chi connectivity index (χ4v) is 2.35. The second kappa shape index (κ2) is 7.93. The van der Waals surface area contributed by atoms with Crippen LogP contribution in [0.15, 0.2) is 67.0 Å². The third-order valence-corrected chi connectivity index (χ3v) is 3.68. The average Bonchev–Trinajstić information content (AvgIpc) is 3.16. The number of amides is 1. The highest BCUT2D eigenvalue weighted by molar-refractivity contribution is 5.93. The van der Waals surface area contributed by atoms with E-state index in [2.05, 4.69) is 15.7 Å². The van der Waals surface area contributed by atoms with Gasteiger partial charge in [-0.2, -0.15) is 5.10 Å². The summed E-state index contributed by atoms with van der Waals surface area (Å²) >= 11 is 0. The van der Waals surface area contributed by atoms with Crippen molar-refractivity contribution in [2.45, 2.75) is 0 Å². The summed E-state index contributed by atoms with van der Waals surface area (Å²) in [5, 5.41) is 20.7. The zero-order chi connectivity index (χ0) is 18.4. The number of hydrogen-bond acceptors (Lipinski definition) is 5. The lowest BCUT2D eigenvalue weighted by Gasteiger charge is -2.07. The van der Waals surface area contributed by atoms with Crippen molar-refractivity contribution in [3.8, 4) is 5.69 Å². The molecule has 3 rings (SSSR count). The molecule has 1 amide bonds. The second-order valence-corrected chi connectivity index (χ2v) is 5.50. The van der Waals surface area contributed by atoms with Crippen LogP contribution < -0.4 is 10.6 Å². The van der Waals surface area contributed by atoms with E-state index in [0.29, 0.717) is 18.7 Å². The molecule has 0 saturated heterocycles. The van der Waals surface area contributed by atoms with E-state index in [1.54, 1.807) is 23.0 Å². The van der Waals surface area contributed by atoms with Crippen molar-refractivity contribution < 1.29 is 9.72 Å². The van der Waals surface area contributed by atoms with Crippen LogP contribution in [0.2, 0.25) is 0 Å². The first-order valence-electron chi connectivity index (χ1n) is 8.00. The Balaban J connectivity index is 1.47. The quantitative estimate of drug-likeness (QED) is 0.387. The molecular formula is C18H17N5O3. The Kier molecular flexibility index (Phi) is 5.23. The Morgan fingerprint density at radius 1 is 1.08 bits per heavy atom. The summed E-state index contributed by atoms with van der Waals surface area (Å²) in [6.07, 6.45) is 3.19. The molecule has 0 aliphatic carbocycles. The van der Waals surface area contributed by atoms with E-state index in [1.165, 1.54) is 18.3 Å². The fourth-order valence-electron chi connectivity index (χ4n) is 2.35. The standard InChI is InChI=1S/C18H17N5O3/c24-18(14-12-21-22(13-14)16-4-2-1-3-5-16)20-11-10-19-15-6-8-17(9-7-15)23(25)26/h1-9,12-13,19H,10-11H2,(H,20,24). The van der Waals surface area contributed by atoms with Crippen molar-refractivity contribution in [1.82, 2.24) is 15.1 Å². The summed E-state index contributed by atoms with van der Waals surface area (Å²) in [5.74, 6) is -0.210. The molecule has 0 spiro atoms. The molecule has 0 aliphatic rings. The molecule has 132 valence electrons. The summed E-state index contributed by atoms with van der Waals surface area (Å²) in [6, 6.07) is 15.6. The average molecular weight is 351 g/mol. The minimum absolute atomic E-state index is 0.0410. The monoisotopic (exact) mass is 351 g/mol. The van der Waals surface area contributed by atoms with Crippen LogP contribution in [0.1, 0.15) is 10.4 Å². The minimum atomic E-state index is -0.445. The molecule has 1 heterocycles. The van der Waals surface area contributed by atoms with Crippen LogP contribution in [0, 0.1) is 10.1 Å². The molecule has 26 heavy (non-hydrogen) atoms. The van der Waals surface area contributed by atoms with Crippen molar-refractivity contribution in [3.63, 3.8) is 0 Å². The van der Waals surface area contributed by atoms with E-state index in [1.807, 2.05) is 30.3 Å². The van der Waals surface area contributed by atoms with Gasteiger partial charge in [0.25, 0.3) is 11.6 Å². The normalized spacial score (nSPS) is 10.3. The number of nitro benzene ring substituents is 1. The fraction of sp³-hybridized carbons (Fsp3) is 0.111. The van der Waals surface area contributed by atoms with Crippen LogP contribution in [-0.4, -0.2) is 33.7 Å². The van der Waals surface area contributed by atoms with E-state index in [0.717, 1.165) is 11.4 Å². The lowest BCUT2D eigenvalue weighted by molar-refractivity contribution is -0.384. The van der Waals surface area contributed by atoms with Gasteiger partial charge in [-0.1, -0.05) is 18.2 Å². The van der Waals surface area contributed by atoms with Crippen molar-refractivity contribution in [2.24, 2.45) is 0 Å². The smallest absolute Gasteiger partial charge is 0.269 e. The van der Waals surface area contributed by atoms with E-state index in [4.69, 9.17) is 0 Å². The maximum Gasteiger partial charge on any atom is 0.269 e. The summed E-state index contributed by atoms with van der Waals surface area (Å²) in [6.45, 7) is 0.905. The largest absolute Gasteiger partial charge is 0.383 e. The Bertz CT molecular complexity index is 891. The zero-order valence-corrected chi connectivity index (χ0v) is 13.8. The number of aromatic nitrogens is 2. The van der Waals surface area contributed by atoms with Crippen LogP contribution in [-0.2, 0) is 0 Å². The van der Waals surface area contributed by atoms with Gasteiger partial charge in [0.1, 0.15) is 0 Å². The molecule has 0 aliphatic heterocycles. The van der Waals surface area contributed by atoms with Gasteiger partial charge in [0.2, 0.25) is 0 Å². The van der Waals surface area contributed by atoms with Crippen LogP contribution in [0.4, 0.5) is 11.4 Å². The van der Waals surface area contributed by atoms with Crippen molar-refractivity contribution in [2.75, 3.05) is 18.4 Å². The third-order valence-electron chi connectivity index (χ3n) is 3.68. The van der Waals surface area contributed by atoms with Gasteiger partial charge in [0, 0.05) is 37.1 Å². The summed E-state index contributed by atoms with van der Waals surface area (Å²) in [7, 11) is 0. The number of hydrogen-bond donors (Lipinski definition) is 2. The lowest BCUT2D eigenvalue weighted by atomic mass is 10.3. The van der Waals surface area contributed by atoms with E-state index in [-0.39, 0.29) is 11.6 Å². The molecule has 0 unspecified atom stereocenters. The molecule has 2 N–H and O–H groups in total. The first-order chi connectivity index (χ1) is 12.6. The second-order valence-electron chi connectivity index (χ2n) is 5.50. The molecule has 1 aromatic heterocycles. The maximum atomic E-state index is 12.2. The maximum absolute atomic E-state index is 12.2. The van der Waals surface area contributed by atoms with Gasteiger partial charge < -0.3 is 10.6 Å². The van der Waals surface area contributed by atoms with E-state index >= 15 is 0 Å².